The van der Waals surface area contributed by atoms with E-state index in [2.05, 4.69) is 26.3 Å². The van der Waals surface area contributed by atoms with Crippen LogP contribution in [-0.4, -0.2) is 15.7 Å². The van der Waals surface area contributed by atoms with Crippen molar-refractivity contribution in [1.82, 2.24) is 9.78 Å². The second-order valence-electron chi connectivity index (χ2n) is 7.85. The summed E-state index contributed by atoms with van der Waals surface area (Å²) in [6.45, 7) is 4.68. The average Bonchev–Trinajstić information content (AvgIpc) is 3.08. The van der Waals surface area contributed by atoms with E-state index >= 15 is 0 Å². The number of nitrogens with one attached hydrogen (secondary N) is 1. The van der Waals surface area contributed by atoms with E-state index in [4.69, 9.17) is 27.9 Å². The summed E-state index contributed by atoms with van der Waals surface area (Å²) in [6.07, 6.45) is 0. The molecule has 1 N–H and O–H groups in total. The standard InChI is InChI=1S/C26H22BrCl2N3O2/c1-16-25(17(2)32(31-16)14-18-6-11-23(28)24(29)13-18)30-26(33)20-5-3-4-19(12-20)15-34-22-9-7-21(27)8-10-22/h3-13H,14-15H2,1-2H3,(H,30,33). The number of ether oxygens (including phenoxy) is 1. The molecule has 8 heteroatoms. The fraction of sp³-hybridized carbons (Fsp3) is 0.154. The zero-order valence-corrected chi connectivity index (χ0v) is 21.7. The lowest BCUT2D eigenvalue weighted by Gasteiger charge is -2.10. The van der Waals surface area contributed by atoms with Crippen molar-refractivity contribution >= 4 is 50.7 Å². The molecule has 0 aliphatic rings. The van der Waals surface area contributed by atoms with E-state index in [1.54, 1.807) is 12.1 Å². The predicted octanol–water partition coefficient (Wildman–Crippen LogP) is 7.45. The lowest BCUT2D eigenvalue weighted by Crippen LogP contribution is -2.14. The Balaban J connectivity index is 1.45. The summed E-state index contributed by atoms with van der Waals surface area (Å²) in [5, 5.41) is 8.62. The van der Waals surface area contributed by atoms with E-state index in [0.29, 0.717) is 34.4 Å². The lowest BCUT2D eigenvalue weighted by atomic mass is 10.1. The van der Waals surface area contributed by atoms with Crippen LogP contribution in [0.15, 0.2) is 71.2 Å². The van der Waals surface area contributed by atoms with Crippen molar-refractivity contribution in [3.8, 4) is 5.75 Å². The summed E-state index contributed by atoms with van der Waals surface area (Å²) >= 11 is 15.6. The maximum atomic E-state index is 13.0. The Morgan fingerprint density at radius 3 is 2.50 bits per heavy atom. The van der Waals surface area contributed by atoms with Gasteiger partial charge in [-0.3, -0.25) is 9.48 Å². The van der Waals surface area contributed by atoms with Gasteiger partial charge in [-0.05, 0) is 73.5 Å². The van der Waals surface area contributed by atoms with Gasteiger partial charge in [0.2, 0.25) is 0 Å². The minimum Gasteiger partial charge on any atom is -0.489 e. The number of carbonyl (C=O) groups excluding carboxylic acids is 1. The number of anilines is 1. The van der Waals surface area contributed by atoms with E-state index < -0.39 is 0 Å². The number of aromatic nitrogens is 2. The van der Waals surface area contributed by atoms with Gasteiger partial charge in [0.1, 0.15) is 12.4 Å². The molecule has 174 valence electrons. The largest absolute Gasteiger partial charge is 0.489 e. The Morgan fingerprint density at radius 1 is 1.00 bits per heavy atom. The Bertz CT molecular complexity index is 1340. The second kappa shape index (κ2) is 10.6. The van der Waals surface area contributed by atoms with Gasteiger partial charge in [0.25, 0.3) is 5.91 Å². The maximum absolute atomic E-state index is 13.0. The smallest absolute Gasteiger partial charge is 0.255 e. The molecular formula is C26H22BrCl2N3O2. The van der Waals surface area contributed by atoms with Crippen LogP contribution in [0, 0.1) is 13.8 Å². The molecule has 0 fully saturated rings. The molecule has 5 nitrogen and oxygen atoms in total. The van der Waals surface area contributed by atoms with E-state index in [1.807, 2.05) is 73.1 Å². The van der Waals surface area contributed by atoms with Crippen LogP contribution >= 0.6 is 39.1 Å². The minimum atomic E-state index is -0.203. The van der Waals surface area contributed by atoms with Gasteiger partial charge >= 0.3 is 0 Å². The molecule has 34 heavy (non-hydrogen) atoms. The van der Waals surface area contributed by atoms with Gasteiger partial charge < -0.3 is 10.1 Å². The van der Waals surface area contributed by atoms with Crippen molar-refractivity contribution in [2.24, 2.45) is 0 Å². The number of rotatable bonds is 7. The quantitative estimate of drug-likeness (QED) is 0.256. The highest BCUT2D eigenvalue weighted by Gasteiger charge is 2.16. The SMILES string of the molecule is Cc1nn(Cc2ccc(Cl)c(Cl)c2)c(C)c1NC(=O)c1cccc(COc2ccc(Br)cc2)c1. The van der Waals surface area contributed by atoms with Crippen LogP contribution in [0.2, 0.25) is 10.0 Å². The molecule has 0 saturated heterocycles. The molecule has 0 radical (unpaired) electrons. The Kier molecular flexibility index (Phi) is 7.61. The van der Waals surface area contributed by atoms with Crippen LogP contribution in [0.4, 0.5) is 5.69 Å². The van der Waals surface area contributed by atoms with E-state index in [-0.39, 0.29) is 5.91 Å². The number of hydrogen-bond acceptors (Lipinski definition) is 3. The molecule has 1 heterocycles. The van der Waals surface area contributed by atoms with Crippen LogP contribution in [0.5, 0.6) is 5.75 Å². The third-order valence-electron chi connectivity index (χ3n) is 5.34. The van der Waals surface area contributed by atoms with Gasteiger partial charge in [0, 0.05) is 10.0 Å². The summed E-state index contributed by atoms with van der Waals surface area (Å²) < 4.78 is 8.66. The van der Waals surface area contributed by atoms with E-state index in [0.717, 1.165) is 32.7 Å². The van der Waals surface area contributed by atoms with Crippen molar-refractivity contribution < 1.29 is 9.53 Å². The van der Waals surface area contributed by atoms with Crippen molar-refractivity contribution in [2.75, 3.05) is 5.32 Å². The number of amides is 1. The zero-order valence-electron chi connectivity index (χ0n) is 18.6. The Labute approximate surface area is 216 Å². The van der Waals surface area contributed by atoms with Crippen LogP contribution in [0.3, 0.4) is 0 Å². The Morgan fingerprint density at radius 2 is 1.76 bits per heavy atom. The molecule has 1 amide bonds. The number of benzene rings is 3. The zero-order chi connectivity index (χ0) is 24.2. The molecule has 0 atom stereocenters. The number of halogens is 3. The molecule has 0 aliphatic heterocycles. The van der Waals surface area contributed by atoms with Gasteiger partial charge in [0.15, 0.2) is 0 Å². The van der Waals surface area contributed by atoms with Crippen LogP contribution in [0.25, 0.3) is 0 Å². The summed E-state index contributed by atoms with van der Waals surface area (Å²) in [6, 6.07) is 20.5. The van der Waals surface area contributed by atoms with Gasteiger partial charge in [-0.1, -0.05) is 57.3 Å². The highest BCUT2D eigenvalue weighted by Crippen LogP contribution is 2.25. The number of carbonyl (C=O) groups is 1. The maximum Gasteiger partial charge on any atom is 0.255 e. The lowest BCUT2D eigenvalue weighted by molar-refractivity contribution is 0.102. The van der Waals surface area contributed by atoms with E-state index in [9.17, 15) is 4.79 Å². The van der Waals surface area contributed by atoms with Gasteiger partial charge in [-0.15, -0.1) is 0 Å². The normalized spacial score (nSPS) is 10.9. The molecular weight excluding hydrogens is 537 g/mol. The molecule has 4 rings (SSSR count). The van der Waals surface area contributed by atoms with Gasteiger partial charge in [-0.2, -0.15) is 5.10 Å². The van der Waals surface area contributed by atoms with Crippen molar-refractivity contribution in [3.05, 3.63) is 109 Å². The fourth-order valence-electron chi connectivity index (χ4n) is 3.53. The van der Waals surface area contributed by atoms with Crippen LogP contribution in [0.1, 0.15) is 32.9 Å². The van der Waals surface area contributed by atoms with Crippen molar-refractivity contribution in [3.63, 3.8) is 0 Å². The highest BCUT2D eigenvalue weighted by atomic mass is 79.9. The second-order valence-corrected chi connectivity index (χ2v) is 9.58. The predicted molar refractivity (Wildman–Crippen MR) is 140 cm³/mol. The van der Waals surface area contributed by atoms with Gasteiger partial charge in [-0.25, -0.2) is 0 Å². The molecule has 0 bridgehead atoms. The molecule has 4 aromatic rings. The van der Waals surface area contributed by atoms with Gasteiger partial charge in [0.05, 0.1) is 33.7 Å². The molecule has 0 saturated carbocycles. The minimum absolute atomic E-state index is 0.203. The summed E-state index contributed by atoms with van der Waals surface area (Å²) in [7, 11) is 0. The summed E-state index contributed by atoms with van der Waals surface area (Å²) in [4.78, 5) is 13.0. The third kappa shape index (κ3) is 5.81. The summed E-state index contributed by atoms with van der Waals surface area (Å²) in [5.74, 6) is 0.560. The first-order valence-corrected chi connectivity index (χ1v) is 12.1. The monoisotopic (exact) mass is 557 g/mol. The van der Waals surface area contributed by atoms with Crippen LogP contribution < -0.4 is 10.1 Å². The first-order chi connectivity index (χ1) is 16.3. The molecule has 0 unspecified atom stereocenters. The Hall–Kier alpha value is -2.80. The first kappa shape index (κ1) is 24.3. The number of aryl methyl sites for hydroxylation is 1. The number of nitrogens with zero attached hydrogens (tertiary/aromatic N) is 2. The first-order valence-electron chi connectivity index (χ1n) is 10.6. The van der Waals surface area contributed by atoms with Crippen molar-refractivity contribution in [2.45, 2.75) is 27.0 Å². The van der Waals surface area contributed by atoms with Crippen molar-refractivity contribution in [1.29, 1.82) is 0 Å². The summed E-state index contributed by atoms with van der Waals surface area (Å²) in [5.41, 5.74) is 4.71. The molecule has 3 aromatic carbocycles. The van der Waals surface area contributed by atoms with E-state index in [1.165, 1.54) is 0 Å². The average molecular weight is 559 g/mol. The highest BCUT2D eigenvalue weighted by molar-refractivity contribution is 9.10. The molecule has 0 aliphatic carbocycles. The number of hydrogen-bond donors (Lipinski definition) is 1. The molecule has 0 spiro atoms. The van der Waals surface area contributed by atoms with Crippen LogP contribution in [-0.2, 0) is 13.2 Å². The topological polar surface area (TPSA) is 56.2 Å². The fourth-order valence-corrected chi connectivity index (χ4v) is 4.11. The third-order valence-corrected chi connectivity index (χ3v) is 6.61. The molecule has 1 aromatic heterocycles.